The summed E-state index contributed by atoms with van der Waals surface area (Å²) in [5.41, 5.74) is 4.21. The Morgan fingerprint density at radius 2 is 1.10 bits per heavy atom. The van der Waals surface area contributed by atoms with E-state index in [1.54, 1.807) is 12.1 Å². The maximum absolute atomic E-state index is 13.5. The Kier molecular flexibility index (Phi) is 23.5. The largest absolute Gasteiger partial charge is 0.508 e. The van der Waals surface area contributed by atoms with Crippen LogP contribution in [-0.2, 0) is 40.0 Å². The predicted molar refractivity (Wildman–Crippen MR) is 235 cm³/mol. The molecule has 348 valence electrons. The van der Waals surface area contributed by atoms with Crippen molar-refractivity contribution < 1.29 is 43.8 Å². The summed E-state index contributed by atoms with van der Waals surface area (Å²) in [6, 6.07) is 4.57. The van der Waals surface area contributed by atoms with Gasteiger partial charge in [0.2, 0.25) is 35.4 Å². The molecule has 0 spiro atoms. The number of aromatic hydroxyl groups is 1. The standard InChI is InChI=1S/C40H68N12O9S/c41-37(60)31(23-62)50-32(54)6-2-1-3-15-46-38(61)30(22-28-11-13-29(53)14-12-28)49-33(55)7-4-8-34(56)51-39-24-42-16-18-44-26-40(48-21-20-47-39,27-45-19-17-43-25-39)52-35(57)9-5-10-36(58)59/h11-14,30-31,42-45,47-48,53,62H,1-10,15-27H2,(H2,41,60)(H,46,61)(H,49,55)(H,50,54)(H,51,56)(H,52,57)(H,58,59)/t30-,31-,39?,40?/m0/s1. The van der Waals surface area contributed by atoms with E-state index in [4.69, 9.17) is 10.8 Å². The summed E-state index contributed by atoms with van der Waals surface area (Å²) in [7, 11) is 0. The third kappa shape index (κ3) is 20.5. The lowest BCUT2D eigenvalue weighted by Gasteiger charge is -2.41. The van der Waals surface area contributed by atoms with E-state index in [9.17, 15) is 38.7 Å². The molecule has 15 N–H and O–H groups in total. The number of hydrogen-bond acceptors (Lipinski definition) is 15. The maximum atomic E-state index is 13.5. The van der Waals surface area contributed by atoms with E-state index in [1.807, 2.05) is 0 Å². The maximum Gasteiger partial charge on any atom is 0.303 e. The molecule has 2 aliphatic heterocycles. The molecule has 3 rings (SSSR count). The second-order valence-electron chi connectivity index (χ2n) is 15.7. The average Bonchev–Trinajstić information content (AvgIpc) is 3.21. The first-order valence-corrected chi connectivity index (χ1v) is 22.1. The Hall–Kier alpha value is -4.58. The molecule has 1 aromatic rings. The minimum Gasteiger partial charge on any atom is -0.508 e. The van der Waals surface area contributed by atoms with Crippen LogP contribution in [0.4, 0.5) is 0 Å². The molecule has 0 aliphatic carbocycles. The van der Waals surface area contributed by atoms with Crippen molar-refractivity contribution in [2.45, 2.75) is 94.0 Å². The number of carboxylic acids is 1. The lowest BCUT2D eigenvalue weighted by atomic mass is 10.0. The number of primary amides is 1. The van der Waals surface area contributed by atoms with Gasteiger partial charge in [0.25, 0.3) is 0 Å². The Morgan fingerprint density at radius 3 is 1.58 bits per heavy atom. The van der Waals surface area contributed by atoms with Gasteiger partial charge in [0.1, 0.15) is 29.2 Å². The second kappa shape index (κ2) is 28.2. The minimum absolute atomic E-state index is 0.0129. The summed E-state index contributed by atoms with van der Waals surface area (Å²) < 4.78 is 0. The highest BCUT2D eigenvalue weighted by atomic mass is 32.1. The van der Waals surface area contributed by atoms with Gasteiger partial charge in [-0.15, -0.1) is 0 Å². The van der Waals surface area contributed by atoms with E-state index < -0.39 is 47.1 Å². The number of phenols is 1. The van der Waals surface area contributed by atoms with Gasteiger partial charge in [0.15, 0.2) is 0 Å². The molecule has 22 heteroatoms. The third-order valence-electron chi connectivity index (χ3n) is 10.3. The number of carbonyl (C=O) groups is 7. The quantitative estimate of drug-likeness (QED) is 0.0377. The second-order valence-corrected chi connectivity index (χ2v) is 16.1. The van der Waals surface area contributed by atoms with Gasteiger partial charge in [-0.25, -0.2) is 0 Å². The monoisotopic (exact) mass is 892 g/mol. The molecule has 0 saturated carbocycles. The van der Waals surface area contributed by atoms with Crippen LogP contribution in [0.5, 0.6) is 5.75 Å². The third-order valence-corrected chi connectivity index (χ3v) is 10.7. The molecule has 0 unspecified atom stereocenters. The van der Waals surface area contributed by atoms with Gasteiger partial charge in [-0.05, 0) is 43.4 Å². The molecule has 62 heavy (non-hydrogen) atoms. The Balaban J connectivity index is 1.54. The molecule has 0 aromatic heterocycles. The molecule has 2 atom stereocenters. The fourth-order valence-electron chi connectivity index (χ4n) is 7.01. The molecular weight excluding hydrogens is 825 g/mol. The summed E-state index contributed by atoms with van der Waals surface area (Å²) in [6.07, 6.45) is 2.53. The first-order valence-electron chi connectivity index (χ1n) is 21.4. The highest BCUT2D eigenvalue weighted by molar-refractivity contribution is 7.80. The zero-order chi connectivity index (χ0) is 45.2. The number of benzene rings is 1. The number of nitrogens with one attached hydrogen (secondary N) is 11. The number of fused-ring (bicyclic) bond motifs is 5. The van der Waals surface area contributed by atoms with Crippen LogP contribution < -0.4 is 64.2 Å². The van der Waals surface area contributed by atoms with Gasteiger partial charge < -0.3 is 63.8 Å². The predicted octanol–water partition coefficient (Wildman–Crippen LogP) is -3.39. The lowest BCUT2D eigenvalue weighted by Crippen LogP contribution is -2.73. The number of unbranched alkanes of at least 4 members (excludes halogenated alkanes) is 2. The Bertz CT molecular complexity index is 1590. The molecule has 2 bridgehead atoms. The smallest absolute Gasteiger partial charge is 0.303 e. The SMILES string of the molecule is NC(=O)[C@H](CS)NC(=O)CCCCCNC(=O)[C@H](Cc1ccc(O)cc1)NC(=O)CCCC(=O)NC12CNCCNCC(NC(=O)CCCC(=O)O)(CNCCNC1)NCCN2. The number of carboxylic acid groups (broad SMARTS) is 1. The van der Waals surface area contributed by atoms with Crippen LogP contribution >= 0.6 is 12.6 Å². The number of phenolic OH excluding ortho intramolecular Hbond substituents is 1. The average molecular weight is 893 g/mol. The summed E-state index contributed by atoms with van der Waals surface area (Å²) >= 11 is 4.02. The van der Waals surface area contributed by atoms with E-state index in [0.717, 1.165) is 5.56 Å². The van der Waals surface area contributed by atoms with Crippen LogP contribution in [0.3, 0.4) is 0 Å². The zero-order valence-electron chi connectivity index (χ0n) is 35.5. The van der Waals surface area contributed by atoms with Crippen LogP contribution in [0.2, 0.25) is 0 Å². The fourth-order valence-corrected chi connectivity index (χ4v) is 7.28. The summed E-state index contributed by atoms with van der Waals surface area (Å²) in [4.78, 5) is 87.4. The number of thiol groups is 1. The Morgan fingerprint density at radius 1 is 0.629 bits per heavy atom. The van der Waals surface area contributed by atoms with E-state index in [0.29, 0.717) is 91.3 Å². The zero-order valence-corrected chi connectivity index (χ0v) is 36.4. The molecule has 21 nitrogen and oxygen atoms in total. The van der Waals surface area contributed by atoms with E-state index >= 15 is 0 Å². The first-order chi connectivity index (χ1) is 29.7. The molecule has 2 saturated heterocycles. The van der Waals surface area contributed by atoms with E-state index in [2.05, 4.69) is 71.1 Å². The van der Waals surface area contributed by atoms with Crippen molar-refractivity contribution >= 4 is 54.0 Å². The molecule has 2 heterocycles. The van der Waals surface area contributed by atoms with Gasteiger partial charge in [0, 0.05) is 116 Å². The van der Waals surface area contributed by atoms with Crippen molar-refractivity contribution in [3.05, 3.63) is 29.8 Å². The van der Waals surface area contributed by atoms with Gasteiger partial charge in [0.05, 0.1) is 0 Å². The van der Waals surface area contributed by atoms with Gasteiger partial charge in [-0.1, -0.05) is 18.6 Å². The van der Waals surface area contributed by atoms with Crippen molar-refractivity contribution in [3.63, 3.8) is 0 Å². The Labute approximate surface area is 368 Å². The van der Waals surface area contributed by atoms with Crippen LogP contribution in [-0.4, -0.2) is 153 Å². The number of aliphatic carboxylic acids is 1. The van der Waals surface area contributed by atoms with E-state index in [-0.39, 0.29) is 80.6 Å². The van der Waals surface area contributed by atoms with Crippen molar-refractivity contribution in [2.24, 2.45) is 5.73 Å². The molecule has 2 fully saturated rings. The fraction of sp³-hybridized carbons (Fsp3) is 0.675. The number of rotatable bonds is 23. The van der Waals surface area contributed by atoms with Crippen molar-refractivity contribution in [2.75, 3.05) is 77.7 Å². The number of carbonyl (C=O) groups excluding carboxylic acids is 6. The van der Waals surface area contributed by atoms with Gasteiger partial charge in [-0.3, -0.25) is 44.2 Å². The van der Waals surface area contributed by atoms with Crippen molar-refractivity contribution in [1.82, 2.24) is 58.5 Å². The van der Waals surface area contributed by atoms with Crippen LogP contribution in [0.1, 0.15) is 69.8 Å². The lowest BCUT2D eigenvalue weighted by molar-refractivity contribution is -0.137. The normalized spacial score (nSPS) is 20.8. The number of amides is 6. The number of nitrogens with two attached hydrogens (primary N) is 1. The molecule has 1 aromatic carbocycles. The molecule has 6 amide bonds. The minimum atomic E-state index is -0.953. The van der Waals surface area contributed by atoms with Crippen LogP contribution in [0, 0.1) is 0 Å². The molecule has 2 aliphatic rings. The van der Waals surface area contributed by atoms with Gasteiger partial charge >= 0.3 is 5.97 Å². The molecular formula is C40H68N12O9S. The summed E-state index contributed by atoms with van der Waals surface area (Å²) in [6.45, 7) is 5.01. The van der Waals surface area contributed by atoms with Crippen LogP contribution in [0.15, 0.2) is 24.3 Å². The highest BCUT2D eigenvalue weighted by Gasteiger charge is 2.35. The highest BCUT2D eigenvalue weighted by Crippen LogP contribution is 2.13. The summed E-state index contributed by atoms with van der Waals surface area (Å²) in [5, 5.41) is 53.8. The van der Waals surface area contributed by atoms with Crippen molar-refractivity contribution in [1.29, 1.82) is 0 Å². The van der Waals surface area contributed by atoms with E-state index in [1.165, 1.54) is 12.1 Å². The van der Waals surface area contributed by atoms with Crippen LogP contribution in [0.25, 0.3) is 0 Å². The van der Waals surface area contributed by atoms with Gasteiger partial charge in [-0.2, -0.15) is 12.6 Å². The van der Waals surface area contributed by atoms with Crippen molar-refractivity contribution in [3.8, 4) is 5.75 Å². The number of hydrogen-bond donors (Lipinski definition) is 15. The molecule has 0 radical (unpaired) electrons. The first kappa shape index (κ1) is 51.8. The summed E-state index contributed by atoms with van der Waals surface area (Å²) in [5.74, 6) is -3.09. The topological polar surface area (TPSA) is 318 Å².